The van der Waals surface area contributed by atoms with E-state index < -0.39 is 51.1 Å². The summed E-state index contributed by atoms with van der Waals surface area (Å²) in [7, 11) is -5.85. The van der Waals surface area contributed by atoms with Crippen molar-refractivity contribution in [3.05, 3.63) is 95.6 Å². The van der Waals surface area contributed by atoms with E-state index >= 15 is 0 Å². The minimum absolute atomic E-state index is 0.154. The predicted octanol–water partition coefficient (Wildman–Crippen LogP) is 5.41. The second-order valence-corrected chi connectivity index (χ2v) is 9.97. The van der Waals surface area contributed by atoms with Crippen molar-refractivity contribution in [3.8, 4) is 5.75 Å². The van der Waals surface area contributed by atoms with Gasteiger partial charge in [-0.2, -0.15) is 21.6 Å². The molecule has 6 nitrogen and oxygen atoms in total. The highest BCUT2D eigenvalue weighted by Crippen LogP contribution is 2.46. The van der Waals surface area contributed by atoms with Crippen LogP contribution in [0.5, 0.6) is 5.75 Å². The molecule has 0 bridgehead atoms. The van der Waals surface area contributed by atoms with E-state index in [2.05, 4.69) is 4.18 Å². The minimum atomic E-state index is -5.85. The number of anilines is 1. The van der Waals surface area contributed by atoms with Crippen molar-refractivity contribution in [1.29, 1.82) is 0 Å². The predicted molar refractivity (Wildman–Crippen MR) is 123 cm³/mol. The summed E-state index contributed by atoms with van der Waals surface area (Å²) in [5.41, 5.74) is -4.29. The quantitative estimate of drug-likeness (QED) is 0.178. The highest BCUT2D eigenvalue weighted by molar-refractivity contribution is 7.88. The van der Waals surface area contributed by atoms with E-state index in [-0.39, 0.29) is 18.7 Å². The molecule has 1 amide bonds. The van der Waals surface area contributed by atoms with E-state index in [4.69, 9.17) is 0 Å². The summed E-state index contributed by atoms with van der Waals surface area (Å²) < 4.78 is 91.1. The Kier molecular flexibility index (Phi) is 7.24. The third-order valence-electron chi connectivity index (χ3n) is 6.04. The number of aliphatic hydroxyl groups excluding tert-OH is 1. The molecule has 3 aromatic rings. The van der Waals surface area contributed by atoms with E-state index in [1.54, 1.807) is 0 Å². The first kappa shape index (κ1) is 26.6. The van der Waals surface area contributed by atoms with E-state index in [0.717, 1.165) is 12.1 Å². The van der Waals surface area contributed by atoms with Gasteiger partial charge in [-0.05, 0) is 72.5 Å². The largest absolute Gasteiger partial charge is 0.534 e. The number of nitrogens with zero attached hydrogens (tertiary/aromatic N) is 1. The number of alkyl halides is 3. The van der Waals surface area contributed by atoms with Crippen molar-refractivity contribution in [3.63, 3.8) is 0 Å². The van der Waals surface area contributed by atoms with Gasteiger partial charge >= 0.3 is 15.6 Å². The SMILES string of the molecule is O=C1[C@H](CCC(O)c2ccc(F)cc2)C(c2ccc(OS(=O)(=O)C(F)(F)F)cc2)N1c1ccc(F)cc1. The number of aliphatic hydroxyl groups is 1. The molecule has 2 unspecified atom stereocenters. The molecule has 0 spiro atoms. The molecule has 4 rings (SSSR count). The first-order valence-electron chi connectivity index (χ1n) is 11.0. The molecule has 1 aliphatic heterocycles. The van der Waals surface area contributed by atoms with Crippen LogP contribution in [-0.4, -0.2) is 24.9 Å². The lowest BCUT2D eigenvalue weighted by molar-refractivity contribution is -0.131. The molecule has 0 aliphatic carbocycles. The smallest absolute Gasteiger partial charge is 0.388 e. The molecular formula is C25H20F5NO5S. The molecule has 0 saturated carbocycles. The molecule has 1 N–H and O–H groups in total. The lowest BCUT2D eigenvalue weighted by Gasteiger charge is -2.48. The first-order chi connectivity index (χ1) is 17.4. The molecule has 1 fully saturated rings. The Morgan fingerprint density at radius 1 is 0.892 bits per heavy atom. The van der Waals surface area contributed by atoms with E-state index in [1.807, 2.05) is 0 Å². The van der Waals surface area contributed by atoms with Crippen molar-refractivity contribution in [2.75, 3.05) is 4.90 Å². The molecule has 196 valence electrons. The van der Waals surface area contributed by atoms with Crippen molar-refractivity contribution < 1.29 is 44.5 Å². The number of halogens is 5. The zero-order valence-electron chi connectivity index (χ0n) is 18.9. The van der Waals surface area contributed by atoms with Crippen LogP contribution in [0.15, 0.2) is 72.8 Å². The fourth-order valence-electron chi connectivity index (χ4n) is 4.18. The second-order valence-electron chi connectivity index (χ2n) is 8.43. The fourth-order valence-corrected chi connectivity index (χ4v) is 4.64. The average molecular weight is 541 g/mol. The second kappa shape index (κ2) is 10.1. The third kappa shape index (κ3) is 5.59. The van der Waals surface area contributed by atoms with Crippen molar-refractivity contribution in [2.24, 2.45) is 5.92 Å². The Balaban J connectivity index is 1.57. The summed E-state index contributed by atoms with van der Waals surface area (Å²) in [6, 6.07) is 14.5. The zero-order valence-corrected chi connectivity index (χ0v) is 19.7. The van der Waals surface area contributed by atoms with E-state index in [1.165, 1.54) is 65.6 Å². The van der Waals surface area contributed by atoms with E-state index in [9.17, 15) is 40.3 Å². The van der Waals surface area contributed by atoms with Gasteiger partial charge in [0.2, 0.25) is 5.91 Å². The minimum Gasteiger partial charge on any atom is -0.388 e. The molecule has 1 saturated heterocycles. The number of hydrogen-bond donors (Lipinski definition) is 1. The Hall–Kier alpha value is -3.51. The van der Waals surface area contributed by atoms with Gasteiger partial charge in [0.25, 0.3) is 0 Å². The first-order valence-corrected chi connectivity index (χ1v) is 12.4. The van der Waals surface area contributed by atoms with Gasteiger partial charge < -0.3 is 14.2 Å². The highest BCUT2D eigenvalue weighted by Gasteiger charge is 2.50. The lowest BCUT2D eigenvalue weighted by Crippen LogP contribution is -2.55. The van der Waals surface area contributed by atoms with Crippen LogP contribution in [0.3, 0.4) is 0 Å². The number of carbonyl (C=O) groups excluding carboxylic acids is 1. The maximum absolute atomic E-state index is 13.4. The Labute approximate surface area is 209 Å². The Morgan fingerprint density at radius 3 is 1.97 bits per heavy atom. The topological polar surface area (TPSA) is 83.9 Å². The summed E-state index contributed by atoms with van der Waals surface area (Å²) in [6.45, 7) is 0. The number of β-lactam (4-membered cyclic amide) rings is 1. The molecular weight excluding hydrogens is 521 g/mol. The van der Waals surface area contributed by atoms with E-state index in [0.29, 0.717) is 16.8 Å². The summed E-state index contributed by atoms with van der Waals surface area (Å²) in [5, 5.41) is 10.5. The number of benzene rings is 3. The average Bonchev–Trinajstić information content (AvgIpc) is 2.84. The maximum Gasteiger partial charge on any atom is 0.534 e. The van der Waals surface area contributed by atoms with Gasteiger partial charge in [0.05, 0.1) is 18.1 Å². The number of hydrogen-bond acceptors (Lipinski definition) is 5. The van der Waals surface area contributed by atoms with Crippen LogP contribution in [0.2, 0.25) is 0 Å². The van der Waals surface area contributed by atoms with Crippen LogP contribution in [0.4, 0.5) is 27.6 Å². The summed E-state index contributed by atoms with van der Waals surface area (Å²) in [4.78, 5) is 14.4. The highest BCUT2D eigenvalue weighted by atomic mass is 32.2. The van der Waals surface area contributed by atoms with Crippen LogP contribution < -0.4 is 9.08 Å². The van der Waals surface area contributed by atoms with Gasteiger partial charge in [-0.1, -0.05) is 24.3 Å². The van der Waals surface area contributed by atoms with Crippen molar-refractivity contribution in [2.45, 2.75) is 30.5 Å². The van der Waals surface area contributed by atoms with Gasteiger partial charge in [0.15, 0.2) is 0 Å². The van der Waals surface area contributed by atoms with Crippen molar-refractivity contribution in [1.82, 2.24) is 0 Å². The van der Waals surface area contributed by atoms with Crippen LogP contribution in [0, 0.1) is 17.6 Å². The summed E-state index contributed by atoms with van der Waals surface area (Å²) >= 11 is 0. The van der Waals surface area contributed by atoms with Gasteiger partial charge in [-0.3, -0.25) is 4.79 Å². The Morgan fingerprint density at radius 2 is 1.43 bits per heavy atom. The van der Waals surface area contributed by atoms with Crippen molar-refractivity contribution >= 4 is 21.7 Å². The lowest BCUT2D eigenvalue weighted by atomic mass is 9.78. The van der Waals surface area contributed by atoms with Crippen LogP contribution >= 0.6 is 0 Å². The molecule has 1 heterocycles. The molecule has 0 aromatic heterocycles. The van der Waals surface area contributed by atoms with Crippen LogP contribution in [0.1, 0.15) is 36.1 Å². The maximum atomic E-state index is 13.4. The summed E-state index contributed by atoms with van der Waals surface area (Å²) in [6.07, 6.45) is -0.612. The molecule has 1 aliphatic rings. The third-order valence-corrected chi connectivity index (χ3v) is 7.01. The summed E-state index contributed by atoms with van der Waals surface area (Å²) in [5.74, 6) is -2.51. The molecule has 3 atom stereocenters. The van der Waals surface area contributed by atoms with Gasteiger partial charge in [-0.15, -0.1) is 0 Å². The van der Waals surface area contributed by atoms with Gasteiger partial charge in [0, 0.05) is 5.69 Å². The number of rotatable bonds is 8. The van der Waals surface area contributed by atoms with Crippen LogP contribution in [-0.2, 0) is 14.9 Å². The fraction of sp³-hybridized carbons (Fsp3) is 0.240. The monoisotopic (exact) mass is 541 g/mol. The standard InChI is InChI=1S/C25H20F5NO5S/c26-17-5-1-15(2-6-17)22(32)14-13-21-23(31(24(21)33)19-9-7-18(27)8-10-19)16-3-11-20(12-4-16)36-37(34,35)25(28,29)30/h1-12,21-23,32H,13-14H2/t21-,22?,23?/m1/s1. The van der Waals surface area contributed by atoms with Gasteiger partial charge in [0.1, 0.15) is 17.4 Å². The number of carbonyl (C=O) groups is 1. The molecule has 3 aromatic carbocycles. The zero-order chi connectivity index (χ0) is 27.0. The molecule has 0 radical (unpaired) electrons. The number of amides is 1. The molecule has 12 heteroatoms. The molecule has 37 heavy (non-hydrogen) atoms. The van der Waals surface area contributed by atoms with Crippen LogP contribution in [0.25, 0.3) is 0 Å². The Bertz CT molecular complexity index is 1360. The van der Waals surface area contributed by atoms with Gasteiger partial charge in [-0.25, -0.2) is 8.78 Å². The normalized spacial score (nSPS) is 18.9.